The number of benzene rings is 1. The highest BCUT2D eigenvalue weighted by atomic mass is 16.5. The lowest BCUT2D eigenvalue weighted by Gasteiger charge is -2.08. The topological polar surface area (TPSA) is 64.9 Å². The molecule has 3 aromatic rings. The van der Waals surface area contributed by atoms with Crippen LogP contribution in [0.4, 0.5) is 5.82 Å². The van der Waals surface area contributed by atoms with E-state index in [2.05, 4.69) is 44.5 Å². The summed E-state index contributed by atoms with van der Waals surface area (Å²) in [6, 6.07) is 10.1. The second-order valence-corrected chi connectivity index (χ2v) is 4.66. The Balaban J connectivity index is 1.63. The van der Waals surface area contributed by atoms with Crippen LogP contribution < -0.4 is 10.1 Å². The van der Waals surface area contributed by atoms with Gasteiger partial charge in [0.25, 0.3) is 0 Å². The lowest BCUT2D eigenvalue weighted by Crippen LogP contribution is -2.03. The van der Waals surface area contributed by atoms with Gasteiger partial charge in [-0.15, -0.1) is 0 Å². The highest BCUT2D eigenvalue weighted by Crippen LogP contribution is 2.13. The van der Waals surface area contributed by atoms with Crippen LogP contribution in [0.3, 0.4) is 0 Å². The van der Waals surface area contributed by atoms with Gasteiger partial charge in [-0.3, -0.25) is 0 Å². The van der Waals surface area contributed by atoms with Gasteiger partial charge in [-0.05, 0) is 24.6 Å². The van der Waals surface area contributed by atoms with E-state index in [1.165, 1.54) is 11.9 Å². The summed E-state index contributed by atoms with van der Waals surface area (Å²) in [7, 11) is 0. The third-order valence-electron chi connectivity index (χ3n) is 3.15. The summed E-state index contributed by atoms with van der Waals surface area (Å²) in [6.45, 7) is 3.20. The molecule has 0 saturated carbocycles. The fourth-order valence-corrected chi connectivity index (χ4v) is 2.05. The molecule has 1 N–H and O–H groups in total. The minimum absolute atomic E-state index is 0.579. The number of nitrogens with zero attached hydrogens (tertiary/aromatic N) is 4. The first kappa shape index (κ1) is 14.1. The van der Waals surface area contributed by atoms with Crippen LogP contribution in [0, 0.1) is 0 Å². The molecule has 6 nitrogen and oxygen atoms in total. The molecular formula is C16H17N5O. The molecule has 0 aliphatic rings. The predicted molar refractivity (Wildman–Crippen MR) is 84.1 cm³/mol. The standard InChI is InChI=1S/C16H17N5O/c1-2-22-16-9-15(19-11-20-16)18-10-13-3-5-14(6-4-13)21-8-7-17-12-21/h3-9,11-12H,2,10H2,1H3,(H,18,19,20). The number of rotatable bonds is 6. The molecule has 112 valence electrons. The minimum atomic E-state index is 0.579. The van der Waals surface area contributed by atoms with E-state index in [-0.39, 0.29) is 0 Å². The summed E-state index contributed by atoms with van der Waals surface area (Å²) < 4.78 is 7.32. The Morgan fingerprint density at radius 3 is 2.77 bits per heavy atom. The number of hydrogen-bond acceptors (Lipinski definition) is 5. The number of imidazole rings is 1. The van der Waals surface area contributed by atoms with E-state index in [0.717, 1.165) is 11.5 Å². The first-order valence-corrected chi connectivity index (χ1v) is 7.11. The van der Waals surface area contributed by atoms with Crippen molar-refractivity contribution in [3.63, 3.8) is 0 Å². The molecule has 22 heavy (non-hydrogen) atoms. The van der Waals surface area contributed by atoms with Crippen LogP contribution in [0.15, 0.2) is 55.4 Å². The van der Waals surface area contributed by atoms with Gasteiger partial charge in [0.05, 0.1) is 12.9 Å². The average Bonchev–Trinajstić information content (AvgIpc) is 3.09. The summed E-state index contributed by atoms with van der Waals surface area (Å²) in [5.74, 6) is 1.33. The Morgan fingerprint density at radius 1 is 1.18 bits per heavy atom. The highest BCUT2D eigenvalue weighted by molar-refractivity contribution is 5.40. The first-order valence-electron chi connectivity index (χ1n) is 7.11. The van der Waals surface area contributed by atoms with Gasteiger partial charge in [-0.25, -0.2) is 15.0 Å². The summed E-state index contributed by atoms with van der Waals surface area (Å²) >= 11 is 0. The van der Waals surface area contributed by atoms with Crippen LogP contribution in [0.25, 0.3) is 5.69 Å². The van der Waals surface area contributed by atoms with Gasteiger partial charge in [0, 0.05) is 30.7 Å². The average molecular weight is 295 g/mol. The largest absolute Gasteiger partial charge is 0.478 e. The molecule has 0 radical (unpaired) electrons. The van der Waals surface area contributed by atoms with Gasteiger partial charge in [0.15, 0.2) is 0 Å². The normalized spacial score (nSPS) is 10.4. The van der Waals surface area contributed by atoms with Crippen molar-refractivity contribution in [3.05, 3.63) is 60.9 Å². The Bertz CT molecular complexity index is 710. The molecule has 0 saturated heterocycles. The maximum Gasteiger partial charge on any atom is 0.218 e. The molecule has 0 amide bonds. The third kappa shape index (κ3) is 3.41. The van der Waals surface area contributed by atoms with Gasteiger partial charge in [0.1, 0.15) is 12.1 Å². The molecule has 0 bridgehead atoms. The zero-order valence-corrected chi connectivity index (χ0v) is 12.3. The molecule has 0 spiro atoms. The summed E-state index contributed by atoms with van der Waals surface area (Å²) in [5.41, 5.74) is 2.25. The van der Waals surface area contributed by atoms with E-state index in [0.29, 0.717) is 19.0 Å². The molecule has 2 aromatic heterocycles. The van der Waals surface area contributed by atoms with E-state index in [4.69, 9.17) is 4.74 Å². The van der Waals surface area contributed by atoms with Gasteiger partial charge in [0.2, 0.25) is 5.88 Å². The van der Waals surface area contributed by atoms with Crippen LogP contribution in [-0.4, -0.2) is 26.1 Å². The number of anilines is 1. The number of ether oxygens (including phenoxy) is 1. The molecular weight excluding hydrogens is 278 g/mol. The molecule has 0 unspecified atom stereocenters. The Labute approximate surface area is 128 Å². The molecule has 0 aliphatic carbocycles. The second-order valence-electron chi connectivity index (χ2n) is 4.66. The van der Waals surface area contributed by atoms with Crippen molar-refractivity contribution in [2.24, 2.45) is 0 Å². The van der Waals surface area contributed by atoms with Crippen molar-refractivity contribution in [1.82, 2.24) is 19.5 Å². The minimum Gasteiger partial charge on any atom is -0.478 e. The van der Waals surface area contributed by atoms with E-state index in [1.54, 1.807) is 18.6 Å². The van der Waals surface area contributed by atoms with Gasteiger partial charge < -0.3 is 14.6 Å². The van der Waals surface area contributed by atoms with E-state index < -0.39 is 0 Å². The number of hydrogen-bond donors (Lipinski definition) is 1. The van der Waals surface area contributed by atoms with Crippen LogP contribution in [0.5, 0.6) is 5.88 Å². The van der Waals surface area contributed by atoms with Crippen molar-refractivity contribution >= 4 is 5.82 Å². The smallest absolute Gasteiger partial charge is 0.218 e. The first-order chi connectivity index (χ1) is 10.8. The summed E-state index contributed by atoms with van der Waals surface area (Å²) in [4.78, 5) is 12.3. The van der Waals surface area contributed by atoms with Crippen molar-refractivity contribution in [3.8, 4) is 11.6 Å². The maximum absolute atomic E-state index is 5.36. The molecule has 0 atom stereocenters. The molecule has 3 rings (SSSR count). The SMILES string of the molecule is CCOc1cc(NCc2ccc(-n3ccnc3)cc2)ncn1. The zero-order valence-electron chi connectivity index (χ0n) is 12.3. The Hall–Kier alpha value is -2.89. The van der Waals surface area contributed by atoms with Crippen molar-refractivity contribution in [2.45, 2.75) is 13.5 Å². The third-order valence-corrected chi connectivity index (χ3v) is 3.15. The number of nitrogens with one attached hydrogen (secondary N) is 1. The van der Waals surface area contributed by atoms with Gasteiger partial charge in [-0.1, -0.05) is 12.1 Å². The van der Waals surface area contributed by atoms with Crippen LogP contribution in [0.2, 0.25) is 0 Å². The van der Waals surface area contributed by atoms with E-state index in [9.17, 15) is 0 Å². The van der Waals surface area contributed by atoms with Crippen molar-refractivity contribution in [2.75, 3.05) is 11.9 Å². The molecule has 1 aromatic carbocycles. The Kier molecular flexibility index (Phi) is 4.29. The van der Waals surface area contributed by atoms with Gasteiger partial charge >= 0.3 is 0 Å². The second kappa shape index (κ2) is 6.71. The zero-order chi connectivity index (χ0) is 15.2. The predicted octanol–water partition coefficient (Wildman–Crippen LogP) is 2.67. The fourth-order valence-electron chi connectivity index (χ4n) is 2.05. The van der Waals surface area contributed by atoms with E-state index in [1.807, 2.05) is 17.7 Å². The van der Waals surface area contributed by atoms with Gasteiger partial charge in [-0.2, -0.15) is 0 Å². The van der Waals surface area contributed by atoms with E-state index >= 15 is 0 Å². The molecule has 6 heteroatoms. The quantitative estimate of drug-likeness (QED) is 0.757. The van der Waals surface area contributed by atoms with Crippen LogP contribution in [0.1, 0.15) is 12.5 Å². The number of aromatic nitrogens is 4. The fraction of sp³-hybridized carbons (Fsp3) is 0.188. The van der Waals surface area contributed by atoms with Crippen LogP contribution in [-0.2, 0) is 6.54 Å². The highest BCUT2D eigenvalue weighted by Gasteiger charge is 2.00. The lowest BCUT2D eigenvalue weighted by molar-refractivity contribution is 0.326. The monoisotopic (exact) mass is 295 g/mol. The summed E-state index contributed by atoms with van der Waals surface area (Å²) in [5, 5.41) is 3.26. The van der Waals surface area contributed by atoms with Crippen molar-refractivity contribution < 1.29 is 4.74 Å². The van der Waals surface area contributed by atoms with Crippen LogP contribution >= 0.6 is 0 Å². The lowest BCUT2D eigenvalue weighted by atomic mass is 10.2. The molecule has 2 heterocycles. The Morgan fingerprint density at radius 2 is 2.05 bits per heavy atom. The molecule has 0 fully saturated rings. The summed E-state index contributed by atoms with van der Waals surface area (Å²) in [6.07, 6.45) is 6.96. The maximum atomic E-state index is 5.36. The molecule has 0 aliphatic heterocycles. The van der Waals surface area contributed by atoms with Crippen molar-refractivity contribution in [1.29, 1.82) is 0 Å².